The van der Waals surface area contributed by atoms with Gasteiger partial charge in [0.1, 0.15) is 17.3 Å². The fraction of sp³-hybridized carbons (Fsp3) is 0.263. The lowest BCUT2D eigenvalue weighted by Gasteiger charge is -2.11. The molecule has 10 heteroatoms. The summed E-state index contributed by atoms with van der Waals surface area (Å²) in [6, 6.07) is 8.58. The van der Waals surface area contributed by atoms with Gasteiger partial charge in [0, 0.05) is 16.5 Å². The van der Waals surface area contributed by atoms with Crippen LogP contribution in [0.3, 0.4) is 0 Å². The van der Waals surface area contributed by atoms with Gasteiger partial charge in [-0.15, -0.1) is 0 Å². The summed E-state index contributed by atoms with van der Waals surface area (Å²) in [5.74, 6) is -3.79. The van der Waals surface area contributed by atoms with E-state index in [-0.39, 0.29) is 0 Å². The van der Waals surface area contributed by atoms with Crippen LogP contribution in [0.15, 0.2) is 42.5 Å². The Labute approximate surface area is 167 Å². The van der Waals surface area contributed by atoms with E-state index in [1.165, 1.54) is 0 Å². The predicted octanol–water partition coefficient (Wildman–Crippen LogP) is 3.73. The molecule has 1 unspecified atom stereocenters. The summed E-state index contributed by atoms with van der Waals surface area (Å²) in [5, 5.41) is 4.48. The summed E-state index contributed by atoms with van der Waals surface area (Å²) < 4.78 is 63.7. The molecule has 0 aliphatic carbocycles. The number of hydrogen-bond acceptors (Lipinski definition) is 3. The third-order valence-corrected chi connectivity index (χ3v) is 4.97. The molecule has 0 spiro atoms. The second kappa shape index (κ2) is 9.64. The summed E-state index contributed by atoms with van der Waals surface area (Å²) in [7, 11) is -1.93. The Morgan fingerprint density at radius 1 is 0.966 bits per heavy atom. The summed E-state index contributed by atoms with van der Waals surface area (Å²) in [5.41, 5.74) is -0.240. The average Bonchev–Trinajstić information content (AvgIpc) is 2.62. The number of hydrogen-bond donors (Lipinski definition) is 2. The van der Waals surface area contributed by atoms with Gasteiger partial charge >= 0.3 is 6.18 Å². The number of rotatable bonds is 7. The van der Waals surface area contributed by atoms with Gasteiger partial charge in [-0.2, -0.15) is 13.2 Å². The van der Waals surface area contributed by atoms with Gasteiger partial charge in [0.2, 0.25) is 11.8 Å². The first-order valence-electron chi connectivity index (χ1n) is 8.49. The van der Waals surface area contributed by atoms with Crippen molar-refractivity contribution in [1.29, 1.82) is 0 Å². The molecule has 0 saturated heterocycles. The number of benzene rings is 2. The Morgan fingerprint density at radius 2 is 1.55 bits per heavy atom. The number of aryl methyl sites for hydroxylation is 1. The molecule has 0 aromatic heterocycles. The molecule has 29 heavy (non-hydrogen) atoms. The van der Waals surface area contributed by atoms with Crippen LogP contribution in [0.5, 0.6) is 0 Å². The van der Waals surface area contributed by atoms with Crippen molar-refractivity contribution in [1.82, 2.24) is 0 Å². The Kier molecular flexibility index (Phi) is 7.49. The molecule has 2 N–H and O–H groups in total. The molecule has 156 valence electrons. The number of nitrogens with one attached hydrogen (secondary N) is 2. The standard InChI is InChI=1S/C19H18F4N2O3S/c1-2-12-3-6-14(7-4-12)24-17(26)10-29(28)11-18(27)25-16-9-13(19(21,22)23)5-8-15(16)20/h3-9H,2,10-11H2,1H3,(H,24,26)(H,25,27). The van der Waals surface area contributed by atoms with Crippen LogP contribution < -0.4 is 10.6 Å². The normalized spacial score (nSPS) is 12.3. The van der Waals surface area contributed by atoms with E-state index >= 15 is 0 Å². The quantitative estimate of drug-likeness (QED) is 0.658. The lowest BCUT2D eigenvalue weighted by Crippen LogP contribution is -2.26. The van der Waals surface area contributed by atoms with Crippen molar-refractivity contribution in [2.24, 2.45) is 0 Å². The van der Waals surface area contributed by atoms with E-state index in [0.717, 1.165) is 12.0 Å². The van der Waals surface area contributed by atoms with Crippen molar-refractivity contribution in [2.75, 3.05) is 22.1 Å². The number of amides is 2. The van der Waals surface area contributed by atoms with Crippen molar-refractivity contribution in [2.45, 2.75) is 19.5 Å². The first-order valence-corrected chi connectivity index (χ1v) is 9.97. The van der Waals surface area contributed by atoms with Crippen LogP contribution >= 0.6 is 0 Å². The van der Waals surface area contributed by atoms with Crippen LogP contribution in [0, 0.1) is 5.82 Å². The number of alkyl halides is 3. The molecule has 0 radical (unpaired) electrons. The van der Waals surface area contributed by atoms with Crippen molar-refractivity contribution in [3.8, 4) is 0 Å². The van der Waals surface area contributed by atoms with Crippen molar-refractivity contribution >= 4 is 34.0 Å². The van der Waals surface area contributed by atoms with Gasteiger partial charge in [-0.25, -0.2) is 4.39 Å². The summed E-state index contributed by atoms with van der Waals surface area (Å²) >= 11 is 0. The van der Waals surface area contributed by atoms with Crippen LogP contribution in [0.1, 0.15) is 18.1 Å². The van der Waals surface area contributed by atoms with E-state index in [4.69, 9.17) is 0 Å². The van der Waals surface area contributed by atoms with E-state index in [9.17, 15) is 31.4 Å². The molecule has 5 nitrogen and oxygen atoms in total. The molecule has 0 saturated carbocycles. The molecule has 2 aromatic rings. The molecular formula is C19H18F4N2O3S. The van der Waals surface area contributed by atoms with Gasteiger partial charge in [0.05, 0.1) is 11.3 Å². The minimum atomic E-state index is -4.70. The van der Waals surface area contributed by atoms with Crippen LogP contribution in [-0.2, 0) is 33.0 Å². The molecule has 0 fully saturated rings. The van der Waals surface area contributed by atoms with Gasteiger partial charge in [-0.1, -0.05) is 19.1 Å². The molecule has 0 heterocycles. The molecule has 2 amide bonds. The van der Waals surface area contributed by atoms with Gasteiger partial charge in [0.15, 0.2) is 0 Å². The zero-order chi connectivity index (χ0) is 21.6. The maximum Gasteiger partial charge on any atom is 0.416 e. The van der Waals surface area contributed by atoms with E-state index < -0.39 is 57.4 Å². The van der Waals surface area contributed by atoms with Gasteiger partial charge in [-0.3, -0.25) is 13.8 Å². The third kappa shape index (κ3) is 6.97. The molecule has 1 atom stereocenters. The maximum atomic E-state index is 13.6. The van der Waals surface area contributed by atoms with Gasteiger partial charge in [0.25, 0.3) is 0 Å². The van der Waals surface area contributed by atoms with Crippen molar-refractivity contribution < 1.29 is 31.4 Å². The first kappa shape index (κ1) is 22.5. The maximum absolute atomic E-state index is 13.6. The molecular weight excluding hydrogens is 412 g/mol. The average molecular weight is 430 g/mol. The third-order valence-electron chi connectivity index (χ3n) is 3.80. The lowest BCUT2D eigenvalue weighted by molar-refractivity contribution is -0.137. The van der Waals surface area contributed by atoms with Crippen molar-refractivity contribution in [3.05, 3.63) is 59.4 Å². The number of anilines is 2. The lowest BCUT2D eigenvalue weighted by atomic mass is 10.1. The second-order valence-electron chi connectivity index (χ2n) is 6.07. The van der Waals surface area contributed by atoms with Crippen molar-refractivity contribution in [3.63, 3.8) is 0 Å². The summed E-state index contributed by atoms with van der Waals surface area (Å²) in [6.07, 6.45) is -3.87. The predicted molar refractivity (Wildman–Crippen MR) is 102 cm³/mol. The van der Waals surface area contributed by atoms with Crippen LogP contribution in [0.25, 0.3) is 0 Å². The molecule has 2 rings (SSSR count). The zero-order valence-corrected chi connectivity index (χ0v) is 16.1. The minimum Gasteiger partial charge on any atom is -0.325 e. The highest BCUT2D eigenvalue weighted by molar-refractivity contribution is 7.86. The second-order valence-corrected chi connectivity index (χ2v) is 7.52. The van der Waals surface area contributed by atoms with Gasteiger partial charge in [-0.05, 0) is 42.3 Å². The molecule has 0 aliphatic rings. The SMILES string of the molecule is CCc1ccc(NC(=O)CS(=O)CC(=O)Nc2cc(C(F)(F)F)ccc2F)cc1. The Balaban J connectivity index is 1.90. The minimum absolute atomic E-state index is 0.447. The highest BCUT2D eigenvalue weighted by atomic mass is 32.2. The fourth-order valence-corrected chi connectivity index (χ4v) is 3.18. The summed E-state index contributed by atoms with van der Waals surface area (Å²) in [6.45, 7) is 1.98. The Bertz CT molecular complexity index is 915. The van der Waals surface area contributed by atoms with Crippen LogP contribution in [0.2, 0.25) is 0 Å². The van der Waals surface area contributed by atoms with Gasteiger partial charge < -0.3 is 10.6 Å². The molecule has 0 aliphatic heterocycles. The van der Waals surface area contributed by atoms with Crippen LogP contribution in [0.4, 0.5) is 28.9 Å². The number of carbonyl (C=O) groups excluding carboxylic acids is 2. The largest absolute Gasteiger partial charge is 0.416 e. The Hall–Kier alpha value is -2.75. The first-order chi connectivity index (χ1) is 13.6. The number of carbonyl (C=O) groups is 2. The van der Waals surface area contributed by atoms with E-state index in [2.05, 4.69) is 5.32 Å². The number of halogens is 4. The van der Waals surface area contributed by atoms with E-state index in [1.54, 1.807) is 12.1 Å². The highest BCUT2D eigenvalue weighted by Crippen LogP contribution is 2.31. The Morgan fingerprint density at radius 3 is 2.10 bits per heavy atom. The van der Waals surface area contributed by atoms with E-state index in [0.29, 0.717) is 23.9 Å². The van der Waals surface area contributed by atoms with Crippen LogP contribution in [-0.4, -0.2) is 27.5 Å². The summed E-state index contributed by atoms with van der Waals surface area (Å²) in [4.78, 5) is 23.8. The highest BCUT2D eigenvalue weighted by Gasteiger charge is 2.31. The van der Waals surface area contributed by atoms with E-state index in [1.807, 2.05) is 24.4 Å². The monoisotopic (exact) mass is 430 g/mol. The topological polar surface area (TPSA) is 75.3 Å². The fourth-order valence-electron chi connectivity index (χ4n) is 2.35. The zero-order valence-electron chi connectivity index (χ0n) is 15.3. The molecule has 2 aromatic carbocycles. The molecule has 0 bridgehead atoms. The smallest absolute Gasteiger partial charge is 0.325 e.